The van der Waals surface area contributed by atoms with E-state index in [0.717, 1.165) is 18.5 Å². The fraction of sp³-hybridized carbons (Fsp3) is 0.357. The van der Waals surface area contributed by atoms with Crippen LogP contribution in [0.2, 0.25) is 0 Å². The van der Waals surface area contributed by atoms with E-state index >= 15 is 0 Å². The van der Waals surface area contributed by atoms with Crippen molar-refractivity contribution in [1.29, 1.82) is 0 Å². The Morgan fingerprint density at radius 3 is 2.72 bits per heavy atom. The fourth-order valence-corrected chi connectivity index (χ4v) is 1.96. The van der Waals surface area contributed by atoms with Crippen LogP contribution in [0.1, 0.15) is 17.2 Å². The van der Waals surface area contributed by atoms with Gasteiger partial charge in [0.25, 0.3) is 0 Å². The lowest BCUT2D eigenvalue weighted by molar-refractivity contribution is 0.245. The first-order chi connectivity index (χ1) is 8.79. The largest absolute Gasteiger partial charge is 0.394 e. The predicted molar refractivity (Wildman–Crippen MR) is 71.2 cm³/mol. The number of nitrogens with zero attached hydrogens (tertiary/aromatic N) is 2. The van der Waals surface area contributed by atoms with Gasteiger partial charge in [-0.3, -0.25) is 4.68 Å². The van der Waals surface area contributed by atoms with Crippen molar-refractivity contribution < 1.29 is 5.11 Å². The van der Waals surface area contributed by atoms with Crippen molar-refractivity contribution in [1.82, 2.24) is 15.1 Å². The van der Waals surface area contributed by atoms with Gasteiger partial charge in [-0.15, -0.1) is 0 Å². The highest BCUT2D eigenvalue weighted by atomic mass is 16.3. The molecule has 1 unspecified atom stereocenters. The predicted octanol–water partition coefficient (Wildman–Crippen LogP) is 1.29. The first-order valence-corrected chi connectivity index (χ1v) is 6.16. The van der Waals surface area contributed by atoms with E-state index in [1.807, 2.05) is 49.8 Å². The van der Waals surface area contributed by atoms with Crippen molar-refractivity contribution in [3.05, 3.63) is 53.9 Å². The van der Waals surface area contributed by atoms with Crippen molar-refractivity contribution in [2.45, 2.75) is 12.5 Å². The molecule has 0 spiro atoms. The van der Waals surface area contributed by atoms with Crippen LogP contribution < -0.4 is 5.32 Å². The van der Waals surface area contributed by atoms with Gasteiger partial charge in [0, 0.05) is 13.2 Å². The van der Waals surface area contributed by atoms with E-state index in [0.29, 0.717) is 0 Å². The number of aromatic nitrogens is 2. The summed E-state index contributed by atoms with van der Waals surface area (Å²) in [5.41, 5.74) is 2.32. The van der Waals surface area contributed by atoms with Crippen molar-refractivity contribution in [3.8, 4) is 0 Å². The van der Waals surface area contributed by atoms with Crippen LogP contribution in [0.15, 0.2) is 42.7 Å². The quantitative estimate of drug-likeness (QED) is 0.806. The van der Waals surface area contributed by atoms with Crippen LogP contribution in [0.3, 0.4) is 0 Å². The molecule has 0 saturated heterocycles. The minimum atomic E-state index is 0.00266. The Hall–Kier alpha value is -1.65. The summed E-state index contributed by atoms with van der Waals surface area (Å²) in [6, 6.07) is 10.0. The van der Waals surface area contributed by atoms with Gasteiger partial charge in [-0.05, 0) is 24.1 Å². The maximum atomic E-state index is 9.40. The van der Waals surface area contributed by atoms with Crippen LogP contribution in [-0.2, 0) is 13.5 Å². The van der Waals surface area contributed by atoms with Crippen LogP contribution in [0.5, 0.6) is 0 Å². The van der Waals surface area contributed by atoms with Crippen LogP contribution in [0.4, 0.5) is 0 Å². The maximum absolute atomic E-state index is 9.40. The first-order valence-electron chi connectivity index (χ1n) is 6.16. The third-order valence-corrected chi connectivity index (χ3v) is 2.95. The standard InChI is InChI=1S/C14H19N3O/c1-17-10-12(9-16-17)7-8-15-14(11-18)13-5-3-2-4-6-13/h2-6,9-10,14-15,18H,7-8,11H2,1H3. The van der Waals surface area contributed by atoms with Crippen LogP contribution in [0, 0.1) is 0 Å². The molecule has 4 heteroatoms. The molecule has 0 radical (unpaired) electrons. The van der Waals surface area contributed by atoms with Crippen molar-refractivity contribution in [2.75, 3.05) is 13.2 Å². The summed E-state index contributed by atoms with van der Waals surface area (Å²) in [5, 5.41) is 16.9. The van der Waals surface area contributed by atoms with E-state index in [4.69, 9.17) is 0 Å². The zero-order chi connectivity index (χ0) is 12.8. The molecule has 0 amide bonds. The van der Waals surface area contributed by atoms with Crippen LogP contribution >= 0.6 is 0 Å². The van der Waals surface area contributed by atoms with Gasteiger partial charge in [0.15, 0.2) is 0 Å². The lowest BCUT2D eigenvalue weighted by Crippen LogP contribution is -2.26. The third-order valence-electron chi connectivity index (χ3n) is 2.95. The lowest BCUT2D eigenvalue weighted by atomic mass is 10.1. The number of rotatable bonds is 6. The Bertz CT molecular complexity index is 467. The Morgan fingerprint density at radius 2 is 2.11 bits per heavy atom. The topological polar surface area (TPSA) is 50.1 Å². The molecule has 1 atom stereocenters. The second kappa shape index (κ2) is 6.33. The molecular weight excluding hydrogens is 226 g/mol. The zero-order valence-corrected chi connectivity index (χ0v) is 10.6. The van der Waals surface area contributed by atoms with Crippen molar-refractivity contribution >= 4 is 0 Å². The van der Waals surface area contributed by atoms with Crippen molar-refractivity contribution in [3.63, 3.8) is 0 Å². The molecule has 0 saturated carbocycles. The highest BCUT2D eigenvalue weighted by Crippen LogP contribution is 2.11. The molecule has 1 aromatic heterocycles. The molecule has 0 aliphatic carbocycles. The van der Waals surface area contributed by atoms with Gasteiger partial charge in [-0.2, -0.15) is 5.10 Å². The fourth-order valence-electron chi connectivity index (χ4n) is 1.96. The SMILES string of the molecule is Cn1cc(CCNC(CO)c2ccccc2)cn1. The number of nitrogens with one attached hydrogen (secondary N) is 1. The summed E-state index contributed by atoms with van der Waals surface area (Å²) < 4.78 is 1.80. The van der Waals surface area contributed by atoms with E-state index < -0.39 is 0 Å². The average Bonchev–Trinajstić information content (AvgIpc) is 2.81. The van der Waals surface area contributed by atoms with Gasteiger partial charge < -0.3 is 10.4 Å². The second-order valence-corrected chi connectivity index (χ2v) is 4.37. The molecular formula is C14H19N3O. The van der Waals surface area contributed by atoms with E-state index in [-0.39, 0.29) is 12.6 Å². The van der Waals surface area contributed by atoms with Gasteiger partial charge in [0.1, 0.15) is 0 Å². The molecule has 0 fully saturated rings. The summed E-state index contributed by atoms with van der Waals surface area (Å²) in [6.07, 6.45) is 4.80. The number of benzene rings is 1. The van der Waals surface area contributed by atoms with Gasteiger partial charge >= 0.3 is 0 Å². The molecule has 4 nitrogen and oxygen atoms in total. The number of hydrogen-bond donors (Lipinski definition) is 2. The minimum Gasteiger partial charge on any atom is -0.394 e. The molecule has 0 bridgehead atoms. The van der Waals surface area contributed by atoms with Crippen LogP contribution in [-0.4, -0.2) is 28.0 Å². The number of aryl methyl sites for hydroxylation is 1. The zero-order valence-electron chi connectivity index (χ0n) is 10.6. The highest BCUT2D eigenvalue weighted by molar-refractivity contribution is 5.19. The normalized spacial score (nSPS) is 12.6. The molecule has 18 heavy (non-hydrogen) atoms. The lowest BCUT2D eigenvalue weighted by Gasteiger charge is -2.16. The molecule has 1 aromatic carbocycles. The smallest absolute Gasteiger partial charge is 0.0626 e. The molecule has 0 aliphatic heterocycles. The first kappa shape index (κ1) is 12.8. The van der Waals surface area contributed by atoms with Gasteiger partial charge in [0.05, 0.1) is 18.8 Å². The van der Waals surface area contributed by atoms with Crippen molar-refractivity contribution in [2.24, 2.45) is 7.05 Å². The summed E-state index contributed by atoms with van der Waals surface area (Å²) in [5.74, 6) is 0. The maximum Gasteiger partial charge on any atom is 0.0626 e. The van der Waals surface area contributed by atoms with Gasteiger partial charge in [0.2, 0.25) is 0 Å². The molecule has 96 valence electrons. The summed E-state index contributed by atoms with van der Waals surface area (Å²) in [6.45, 7) is 0.933. The van der Waals surface area contributed by atoms with Gasteiger partial charge in [-0.25, -0.2) is 0 Å². The molecule has 0 aliphatic rings. The Kier molecular flexibility index (Phi) is 4.50. The number of hydrogen-bond acceptors (Lipinski definition) is 3. The monoisotopic (exact) mass is 245 g/mol. The molecule has 1 heterocycles. The molecule has 2 rings (SSSR count). The summed E-state index contributed by atoms with van der Waals surface area (Å²) in [7, 11) is 1.91. The molecule has 2 aromatic rings. The van der Waals surface area contributed by atoms with E-state index in [2.05, 4.69) is 10.4 Å². The van der Waals surface area contributed by atoms with E-state index in [1.54, 1.807) is 4.68 Å². The van der Waals surface area contributed by atoms with E-state index in [9.17, 15) is 5.11 Å². The van der Waals surface area contributed by atoms with Crippen LogP contribution in [0.25, 0.3) is 0 Å². The number of aliphatic hydroxyl groups excluding tert-OH is 1. The average molecular weight is 245 g/mol. The minimum absolute atomic E-state index is 0.00266. The third kappa shape index (κ3) is 3.42. The number of aliphatic hydroxyl groups is 1. The second-order valence-electron chi connectivity index (χ2n) is 4.37. The Labute approximate surface area is 107 Å². The highest BCUT2D eigenvalue weighted by Gasteiger charge is 2.08. The summed E-state index contributed by atoms with van der Waals surface area (Å²) in [4.78, 5) is 0. The molecule has 2 N–H and O–H groups in total. The Morgan fingerprint density at radius 1 is 1.33 bits per heavy atom. The summed E-state index contributed by atoms with van der Waals surface area (Å²) >= 11 is 0. The van der Waals surface area contributed by atoms with E-state index in [1.165, 1.54) is 5.56 Å². The van der Waals surface area contributed by atoms with Gasteiger partial charge in [-0.1, -0.05) is 30.3 Å². The Balaban J connectivity index is 1.84.